The third kappa shape index (κ3) is 2.11. The predicted molar refractivity (Wildman–Crippen MR) is 87.3 cm³/mol. The molecular weight excluding hydrogens is 322 g/mol. The highest BCUT2D eigenvalue weighted by atomic mass is 16.2. The summed E-state index contributed by atoms with van der Waals surface area (Å²) in [5.41, 5.74) is 5.04. The van der Waals surface area contributed by atoms with E-state index in [0.29, 0.717) is 11.1 Å². The number of urea groups is 1. The zero-order valence-corrected chi connectivity index (χ0v) is 13.8. The number of nitrogens with zero attached hydrogens (tertiary/aromatic N) is 1. The van der Waals surface area contributed by atoms with Gasteiger partial charge < -0.3 is 11.1 Å². The molecule has 2 unspecified atom stereocenters. The Bertz CT molecular complexity index is 816. The monoisotopic (exact) mass is 341 g/mol. The number of rotatable bonds is 4. The van der Waals surface area contributed by atoms with Crippen molar-refractivity contribution in [1.82, 2.24) is 10.2 Å². The molecule has 7 heteroatoms. The van der Waals surface area contributed by atoms with Gasteiger partial charge in [-0.3, -0.25) is 14.4 Å². The largest absolute Gasteiger partial charge is 0.368 e. The minimum absolute atomic E-state index is 0.128. The summed E-state index contributed by atoms with van der Waals surface area (Å²) in [7, 11) is 0. The van der Waals surface area contributed by atoms with E-state index in [1.165, 1.54) is 0 Å². The van der Waals surface area contributed by atoms with Gasteiger partial charge in [-0.2, -0.15) is 0 Å². The predicted octanol–water partition coefficient (Wildman–Crippen LogP) is 0.920. The molecule has 1 spiro atoms. The van der Waals surface area contributed by atoms with Crippen LogP contribution >= 0.6 is 0 Å². The molecule has 3 aliphatic rings. The molecule has 1 aliphatic heterocycles. The van der Waals surface area contributed by atoms with Gasteiger partial charge in [0.2, 0.25) is 5.91 Å². The molecule has 4 amide bonds. The van der Waals surface area contributed by atoms with Crippen LogP contribution in [0.3, 0.4) is 0 Å². The summed E-state index contributed by atoms with van der Waals surface area (Å²) in [4.78, 5) is 51.2. The average Bonchev–Trinajstić information content (AvgIpc) is 3.34. The van der Waals surface area contributed by atoms with Crippen LogP contribution in [0.4, 0.5) is 4.79 Å². The number of amides is 4. The zero-order valence-electron chi connectivity index (χ0n) is 13.8. The van der Waals surface area contributed by atoms with Gasteiger partial charge in [-0.1, -0.05) is 31.2 Å². The number of Topliss-reactive ketones (excluding diaryl/α,β-unsaturated/α-hetero) is 1. The molecule has 0 aromatic heterocycles. The molecule has 1 heterocycles. The van der Waals surface area contributed by atoms with E-state index in [-0.39, 0.29) is 24.0 Å². The standard InChI is InChI=1S/C18H19N3O4/c1-9(10-6-7-10)14(15(19)23)21-16(24)18(20-17(21)25)8-13(22)11-4-2-3-5-12(11)18/h2-5,9-10,14H,6-8H2,1H3,(H2,19,23)(H,20,25)/t9-,14?,18?/m0/s1. The second-order valence-electron chi connectivity index (χ2n) is 7.20. The van der Waals surface area contributed by atoms with Crippen molar-refractivity contribution in [3.8, 4) is 0 Å². The summed E-state index contributed by atoms with van der Waals surface area (Å²) in [5, 5.41) is 2.67. The Hall–Kier alpha value is -2.70. The van der Waals surface area contributed by atoms with Gasteiger partial charge in [-0.25, -0.2) is 9.69 Å². The van der Waals surface area contributed by atoms with E-state index in [0.717, 1.165) is 17.7 Å². The average molecular weight is 341 g/mol. The van der Waals surface area contributed by atoms with E-state index in [1.54, 1.807) is 24.3 Å². The lowest BCUT2D eigenvalue weighted by Gasteiger charge is -2.29. The third-order valence-electron chi connectivity index (χ3n) is 5.67. The van der Waals surface area contributed by atoms with Gasteiger partial charge in [-0.15, -0.1) is 0 Å². The molecule has 1 aromatic rings. The molecule has 7 nitrogen and oxygen atoms in total. The van der Waals surface area contributed by atoms with Crippen LogP contribution in [-0.4, -0.2) is 34.6 Å². The molecule has 3 N–H and O–H groups in total. The summed E-state index contributed by atoms with van der Waals surface area (Å²) in [6.45, 7) is 1.84. The van der Waals surface area contributed by atoms with Crippen molar-refractivity contribution in [1.29, 1.82) is 0 Å². The number of carbonyl (C=O) groups is 4. The summed E-state index contributed by atoms with van der Waals surface area (Å²) >= 11 is 0. The summed E-state index contributed by atoms with van der Waals surface area (Å²) < 4.78 is 0. The number of hydrogen-bond acceptors (Lipinski definition) is 4. The van der Waals surface area contributed by atoms with E-state index in [4.69, 9.17) is 5.73 Å². The van der Waals surface area contributed by atoms with Crippen molar-refractivity contribution >= 4 is 23.6 Å². The van der Waals surface area contributed by atoms with Crippen molar-refractivity contribution in [2.75, 3.05) is 0 Å². The fourth-order valence-electron chi connectivity index (χ4n) is 4.18. The maximum Gasteiger partial charge on any atom is 0.326 e. The van der Waals surface area contributed by atoms with Gasteiger partial charge in [-0.05, 0) is 30.2 Å². The number of imide groups is 1. The third-order valence-corrected chi connectivity index (χ3v) is 5.67. The molecule has 1 aromatic carbocycles. The van der Waals surface area contributed by atoms with E-state index >= 15 is 0 Å². The number of nitrogens with one attached hydrogen (secondary N) is 1. The molecule has 1 saturated heterocycles. The van der Waals surface area contributed by atoms with Gasteiger partial charge in [0, 0.05) is 12.0 Å². The highest BCUT2D eigenvalue weighted by Gasteiger charge is 2.60. The first-order valence-corrected chi connectivity index (χ1v) is 8.44. The van der Waals surface area contributed by atoms with E-state index in [1.807, 2.05) is 6.92 Å². The number of primary amides is 1. The topological polar surface area (TPSA) is 110 Å². The summed E-state index contributed by atoms with van der Waals surface area (Å²) in [5.74, 6) is -1.37. The van der Waals surface area contributed by atoms with Crippen molar-refractivity contribution in [2.45, 2.75) is 37.8 Å². The Labute approximate surface area is 144 Å². The molecule has 0 bridgehead atoms. The lowest BCUT2D eigenvalue weighted by atomic mass is 9.89. The Morgan fingerprint density at radius 1 is 1.28 bits per heavy atom. The lowest BCUT2D eigenvalue weighted by molar-refractivity contribution is -0.139. The fourth-order valence-corrected chi connectivity index (χ4v) is 4.18. The Kier molecular flexibility index (Phi) is 3.25. The molecule has 1 saturated carbocycles. The van der Waals surface area contributed by atoms with Gasteiger partial charge in [0.15, 0.2) is 11.3 Å². The van der Waals surface area contributed by atoms with Crippen molar-refractivity contribution < 1.29 is 19.2 Å². The summed E-state index contributed by atoms with van der Waals surface area (Å²) in [6.07, 6.45) is 1.79. The van der Waals surface area contributed by atoms with Crippen molar-refractivity contribution in [3.63, 3.8) is 0 Å². The quantitative estimate of drug-likeness (QED) is 0.794. The molecule has 4 rings (SSSR count). The van der Waals surface area contributed by atoms with Crippen molar-refractivity contribution in [3.05, 3.63) is 35.4 Å². The van der Waals surface area contributed by atoms with Gasteiger partial charge in [0.05, 0.1) is 0 Å². The highest BCUT2D eigenvalue weighted by molar-refractivity contribution is 6.17. The fraction of sp³-hybridized carbons (Fsp3) is 0.444. The van der Waals surface area contributed by atoms with Crippen LogP contribution in [0.15, 0.2) is 24.3 Å². The van der Waals surface area contributed by atoms with Gasteiger partial charge in [0.25, 0.3) is 5.91 Å². The second-order valence-corrected chi connectivity index (χ2v) is 7.20. The SMILES string of the molecule is C[C@@H](C1CC1)C(C(N)=O)N1C(=O)NC2(CC(=O)c3ccccc32)C1=O. The second kappa shape index (κ2) is 5.15. The van der Waals surface area contributed by atoms with Crippen LogP contribution in [0.2, 0.25) is 0 Å². The molecule has 25 heavy (non-hydrogen) atoms. The van der Waals surface area contributed by atoms with Gasteiger partial charge >= 0.3 is 6.03 Å². The Morgan fingerprint density at radius 3 is 2.60 bits per heavy atom. The van der Waals surface area contributed by atoms with Crippen LogP contribution in [0.5, 0.6) is 0 Å². The first-order chi connectivity index (χ1) is 11.9. The smallest absolute Gasteiger partial charge is 0.326 e. The Balaban J connectivity index is 1.76. The molecule has 3 atom stereocenters. The van der Waals surface area contributed by atoms with Crippen molar-refractivity contribution in [2.24, 2.45) is 17.6 Å². The number of nitrogens with two attached hydrogens (primary N) is 1. The zero-order chi connectivity index (χ0) is 17.9. The number of benzene rings is 1. The maximum atomic E-state index is 13.2. The van der Waals surface area contributed by atoms with E-state index < -0.39 is 29.4 Å². The number of ketones is 1. The van der Waals surface area contributed by atoms with E-state index in [2.05, 4.69) is 5.32 Å². The number of fused-ring (bicyclic) bond motifs is 2. The van der Waals surface area contributed by atoms with Crippen LogP contribution < -0.4 is 11.1 Å². The van der Waals surface area contributed by atoms with Crippen LogP contribution in [0, 0.1) is 11.8 Å². The first-order valence-electron chi connectivity index (χ1n) is 8.44. The normalized spacial score (nSPS) is 27.4. The van der Waals surface area contributed by atoms with Crippen LogP contribution in [0.1, 0.15) is 42.1 Å². The lowest BCUT2D eigenvalue weighted by Crippen LogP contribution is -2.53. The summed E-state index contributed by atoms with van der Waals surface area (Å²) in [6, 6.07) is 5.10. The van der Waals surface area contributed by atoms with Gasteiger partial charge in [0.1, 0.15) is 6.04 Å². The Morgan fingerprint density at radius 2 is 1.96 bits per heavy atom. The van der Waals surface area contributed by atoms with Crippen LogP contribution in [0.25, 0.3) is 0 Å². The van der Waals surface area contributed by atoms with E-state index in [9.17, 15) is 19.2 Å². The molecular formula is C18H19N3O4. The minimum atomic E-state index is -1.41. The minimum Gasteiger partial charge on any atom is -0.368 e. The molecule has 0 radical (unpaired) electrons. The molecule has 2 aliphatic carbocycles. The first kappa shape index (κ1) is 15.8. The number of hydrogen-bond donors (Lipinski definition) is 2. The molecule has 2 fully saturated rings. The van der Waals surface area contributed by atoms with Crippen LogP contribution in [-0.2, 0) is 15.1 Å². The highest BCUT2D eigenvalue weighted by Crippen LogP contribution is 2.44. The number of carbonyl (C=O) groups excluding carboxylic acids is 4. The maximum absolute atomic E-state index is 13.2. The molecule has 130 valence electrons.